The number of anilines is 1. The van der Waals surface area contributed by atoms with Crippen molar-refractivity contribution < 1.29 is 23.9 Å². The summed E-state index contributed by atoms with van der Waals surface area (Å²) in [5, 5.41) is 15.7. The first-order valence-corrected chi connectivity index (χ1v) is 9.08. The van der Waals surface area contributed by atoms with Crippen LogP contribution in [0.3, 0.4) is 0 Å². The molecule has 1 aromatic carbocycles. The van der Waals surface area contributed by atoms with E-state index in [0.29, 0.717) is 37.2 Å². The molecule has 2 aliphatic rings. The van der Waals surface area contributed by atoms with Gasteiger partial charge in [0.1, 0.15) is 5.82 Å². The Bertz CT molecular complexity index is 949. The van der Waals surface area contributed by atoms with E-state index in [2.05, 4.69) is 10.4 Å². The predicted octanol–water partition coefficient (Wildman–Crippen LogP) is 2.01. The maximum absolute atomic E-state index is 13.5. The zero-order valence-corrected chi connectivity index (χ0v) is 15.0. The van der Waals surface area contributed by atoms with Crippen molar-refractivity contribution in [2.75, 3.05) is 18.4 Å². The molecule has 4 rings (SSSR count). The van der Waals surface area contributed by atoms with E-state index in [1.165, 1.54) is 24.5 Å². The summed E-state index contributed by atoms with van der Waals surface area (Å²) in [5.74, 6) is -2.56. The highest BCUT2D eigenvalue weighted by Crippen LogP contribution is 2.35. The Labute approximate surface area is 159 Å². The van der Waals surface area contributed by atoms with Crippen molar-refractivity contribution in [2.45, 2.75) is 31.2 Å². The van der Waals surface area contributed by atoms with Gasteiger partial charge in [-0.25, -0.2) is 9.18 Å². The quantitative estimate of drug-likeness (QED) is 0.840. The normalized spacial score (nSPS) is 19.8. The van der Waals surface area contributed by atoms with E-state index in [-0.39, 0.29) is 29.8 Å². The lowest BCUT2D eigenvalue weighted by Crippen LogP contribution is -2.43. The molecule has 2 aromatic rings. The first-order chi connectivity index (χ1) is 13.4. The van der Waals surface area contributed by atoms with Crippen LogP contribution in [-0.4, -0.2) is 50.7 Å². The number of halogens is 1. The molecule has 146 valence electrons. The SMILES string of the molecule is O=C1CC(C(=O)N2CCC(n3cc(C(=O)O)cn3)CC2)c2ccc(F)cc2N1. The van der Waals surface area contributed by atoms with E-state index in [0.717, 1.165) is 0 Å². The van der Waals surface area contributed by atoms with Gasteiger partial charge in [-0.1, -0.05) is 6.07 Å². The lowest BCUT2D eigenvalue weighted by atomic mass is 9.88. The Morgan fingerprint density at radius 2 is 2.00 bits per heavy atom. The second kappa shape index (κ2) is 7.06. The van der Waals surface area contributed by atoms with Crippen molar-refractivity contribution in [3.8, 4) is 0 Å². The van der Waals surface area contributed by atoms with Gasteiger partial charge in [0.05, 0.1) is 23.7 Å². The third-order valence-corrected chi connectivity index (χ3v) is 5.35. The fourth-order valence-electron chi connectivity index (χ4n) is 3.88. The number of hydrogen-bond acceptors (Lipinski definition) is 4. The molecule has 28 heavy (non-hydrogen) atoms. The molecule has 1 saturated heterocycles. The number of carboxylic acid groups (broad SMARTS) is 1. The van der Waals surface area contributed by atoms with Crippen LogP contribution in [0.4, 0.5) is 10.1 Å². The maximum Gasteiger partial charge on any atom is 0.338 e. The number of likely N-dealkylation sites (tertiary alicyclic amines) is 1. The molecule has 8 nitrogen and oxygen atoms in total. The summed E-state index contributed by atoms with van der Waals surface area (Å²) in [6, 6.07) is 4.10. The minimum atomic E-state index is -1.02. The third-order valence-electron chi connectivity index (χ3n) is 5.35. The number of carbonyl (C=O) groups is 3. The summed E-state index contributed by atoms with van der Waals surface area (Å²) in [4.78, 5) is 37.7. The minimum absolute atomic E-state index is 0.0215. The van der Waals surface area contributed by atoms with Crippen LogP contribution < -0.4 is 5.32 Å². The first kappa shape index (κ1) is 18.1. The van der Waals surface area contributed by atoms with E-state index < -0.39 is 17.7 Å². The Morgan fingerprint density at radius 1 is 1.25 bits per heavy atom. The van der Waals surface area contributed by atoms with Crippen molar-refractivity contribution in [3.63, 3.8) is 0 Å². The van der Waals surface area contributed by atoms with Crippen LogP contribution in [0.5, 0.6) is 0 Å². The number of aromatic carboxylic acids is 1. The molecule has 0 spiro atoms. The number of nitrogens with one attached hydrogen (secondary N) is 1. The molecule has 2 N–H and O–H groups in total. The number of carbonyl (C=O) groups excluding carboxylic acids is 2. The predicted molar refractivity (Wildman–Crippen MR) is 96.4 cm³/mol. The topological polar surface area (TPSA) is 105 Å². The van der Waals surface area contributed by atoms with E-state index >= 15 is 0 Å². The standard InChI is InChI=1S/C19H19FN4O4/c20-12-1-2-14-15(8-17(25)22-16(14)7-12)18(26)23-5-3-13(4-6-23)24-10-11(9-21-24)19(27)28/h1-2,7,9-10,13,15H,3-6,8H2,(H,22,25)(H,27,28). The van der Waals surface area contributed by atoms with Crippen LogP contribution in [-0.2, 0) is 9.59 Å². The number of carboxylic acids is 1. The number of fused-ring (bicyclic) bond motifs is 1. The highest BCUT2D eigenvalue weighted by molar-refractivity contribution is 6.01. The molecule has 2 aliphatic heterocycles. The molecule has 0 saturated carbocycles. The van der Waals surface area contributed by atoms with Crippen LogP contribution in [0, 0.1) is 5.82 Å². The van der Waals surface area contributed by atoms with Gasteiger partial charge in [-0.3, -0.25) is 14.3 Å². The molecule has 1 fully saturated rings. The van der Waals surface area contributed by atoms with E-state index in [1.807, 2.05) is 0 Å². The van der Waals surface area contributed by atoms with Crippen molar-refractivity contribution in [3.05, 3.63) is 47.5 Å². The van der Waals surface area contributed by atoms with Crippen LogP contribution in [0.15, 0.2) is 30.6 Å². The number of hydrogen-bond donors (Lipinski definition) is 2. The average molecular weight is 386 g/mol. The summed E-state index contributed by atoms with van der Waals surface area (Å²) >= 11 is 0. The molecule has 1 unspecified atom stereocenters. The van der Waals surface area contributed by atoms with Crippen molar-refractivity contribution >= 4 is 23.5 Å². The van der Waals surface area contributed by atoms with Gasteiger partial charge >= 0.3 is 5.97 Å². The van der Waals surface area contributed by atoms with Gasteiger partial charge in [0, 0.05) is 31.4 Å². The summed E-state index contributed by atoms with van der Waals surface area (Å²) in [6.45, 7) is 0.973. The lowest BCUT2D eigenvalue weighted by molar-refractivity contribution is -0.136. The second-order valence-corrected chi connectivity index (χ2v) is 7.11. The van der Waals surface area contributed by atoms with Gasteiger partial charge in [-0.05, 0) is 30.5 Å². The number of rotatable bonds is 3. The molecular weight excluding hydrogens is 367 g/mol. The Kier molecular flexibility index (Phi) is 4.58. The lowest BCUT2D eigenvalue weighted by Gasteiger charge is -2.35. The third kappa shape index (κ3) is 3.35. The van der Waals surface area contributed by atoms with E-state index in [1.54, 1.807) is 15.6 Å². The number of aromatic nitrogens is 2. The molecule has 1 atom stereocenters. The maximum atomic E-state index is 13.5. The Morgan fingerprint density at radius 3 is 2.68 bits per heavy atom. The van der Waals surface area contributed by atoms with Crippen LogP contribution in [0.25, 0.3) is 0 Å². The fourth-order valence-corrected chi connectivity index (χ4v) is 3.88. The zero-order chi connectivity index (χ0) is 19.8. The number of piperidine rings is 1. The van der Waals surface area contributed by atoms with Gasteiger partial charge in [0.25, 0.3) is 0 Å². The molecule has 9 heteroatoms. The molecule has 0 bridgehead atoms. The molecular formula is C19H19FN4O4. The van der Waals surface area contributed by atoms with Gasteiger partial charge in [0.2, 0.25) is 11.8 Å². The minimum Gasteiger partial charge on any atom is -0.478 e. The van der Waals surface area contributed by atoms with Crippen LogP contribution in [0.2, 0.25) is 0 Å². The molecule has 2 amide bonds. The highest BCUT2D eigenvalue weighted by atomic mass is 19.1. The molecule has 0 radical (unpaired) electrons. The summed E-state index contributed by atoms with van der Waals surface area (Å²) in [6.07, 6.45) is 4.14. The van der Waals surface area contributed by atoms with Gasteiger partial charge in [0.15, 0.2) is 0 Å². The van der Waals surface area contributed by atoms with Crippen molar-refractivity contribution in [1.29, 1.82) is 0 Å². The van der Waals surface area contributed by atoms with E-state index in [4.69, 9.17) is 5.11 Å². The Hall–Kier alpha value is -3.23. The zero-order valence-electron chi connectivity index (χ0n) is 15.0. The summed E-state index contributed by atoms with van der Waals surface area (Å²) in [5.41, 5.74) is 1.11. The Balaban J connectivity index is 1.45. The molecule has 1 aromatic heterocycles. The first-order valence-electron chi connectivity index (χ1n) is 9.08. The highest BCUT2D eigenvalue weighted by Gasteiger charge is 2.35. The summed E-state index contributed by atoms with van der Waals surface area (Å²) < 4.78 is 15.1. The average Bonchev–Trinajstić information content (AvgIpc) is 3.17. The summed E-state index contributed by atoms with van der Waals surface area (Å²) in [7, 11) is 0. The molecule has 3 heterocycles. The number of benzene rings is 1. The fraction of sp³-hybridized carbons (Fsp3) is 0.368. The van der Waals surface area contributed by atoms with E-state index in [9.17, 15) is 18.8 Å². The van der Waals surface area contributed by atoms with Crippen molar-refractivity contribution in [2.24, 2.45) is 0 Å². The largest absolute Gasteiger partial charge is 0.478 e. The van der Waals surface area contributed by atoms with Crippen LogP contribution in [0.1, 0.15) is 47.1 Å². The van der Waals surface area contributed by atoms with Crippen molar-refractivity contribution in [1.82, 2.24) is 14.7 Å². The van der Waals surface area contributed by atoms with Gasteiger partial charge in [-0.2, -0.15) is 5.10 Å². The number of nitrogens with zero attached hydrogens (tertiary/aromatic N) is 3. The number of amides is 2. The van der Waals surface area contributed by atoms with Gasteiger partial charge < -0.3 is 15.3 Å². The second-order valence-electron chi connectivity index (χ2n) is 7.11. The van der Waals surface area contributed by atoms with Gasteiger partial charge in [-0.15, -0.1) is 0 Å². The van der Waals surface area contributed by atoms with Crippen LogP contribution >= 0.6 is 0 Å². The monoisotopic (exact) mass is 386 g/mol. The smallest absolute Gasteiger partial charge is 0.338 e. The molecule has 0 aliphatic carbocycles.